The Morgan fingerprint density at radius 2 is 2.28 bits per heavy atom. The van der Waals surface area contributed by atoms with Gasteiger partial charge in [-0.1, -0.05) is 11.8 Å². The van der Waals surface area contributed by atoms with E-state index in [9.17, 15) is 19.3 Å². The second kappa shape index (κ2) is 5.63. The largest absolute Gasteiger partial charge is 0.391 e. The Morgan fingerprint density at radius 1 is 1.61 bits per heavy atom. The van der Waals surface area contributed by atoms with Crippen LogP contribution < -0.4 is 11.1 Å². The highest BCUT2D eigenvalue weighted by Gasteiger charge is 2.16. The van der Waals surface area contributed by atoms with Crippen LogP contribution in [0.4, 0.5) is 15.8 Å². The van der Waals surface area contributed by atoms with Crippen molar-refractivity contribution in [3.63, 3.8) is 0 Å². The minimum absolute atomic E-state index is 0.0785. The summed E-state index contributed by atoms with van der Waals surface area (Å²) < 4.78 is 13.3. The maximum absolute atomic E-state index is 13.3. The van der Waals surface area contributed by atoms with Gasteiger partial charge in [0.15, 0.2) is 5.82 Å². The van der Waals surface area contributed by atoms with Crippen molar-refractivity contribution in [2.75, 3.05) is 12.3 Å². The molecule has 0 unspecified atom stereocenters. The molecule has 94 valence electrons. The summed E-state index contributed by atoms with van der Waals surface area (Å²) in [5.41, 5.74) is 4.30. The molecule has 0 fully saturated rings. The first-order valence-corrected chi connectivity index (χ1v) is 4.88. The van der Waals surface area contributed by atoms with E-state index in [4.69, 9.17) is 5.73 Å². The van der Waals surface area contributed by atoms with Crippen molar-refractivity contribution < 1.29 is 14.1 Å². The van der Waals surface area contributed by atoms with Crippen molar-refractivity contribution in [3.05, 3.63) is 33.6 Å². The lowest BCUT2D eigenvalue weighted by Crippen LogP contribution is -2.19. The predicted octanol–water partition coefficient (Wildman–Crippen LogP) is 0.804. The zero-order valence-corrected chi connectivity index (χ0v) is 9.49. The van der Waals surface area contributed by atoms with Crippen molar-refractivity contribution in [2.45, 2.75) is 6.92 Å². The number of nitrogens with one attached hydrogen (secondary N) is 1. The summed E-state index contributed by atoms with van der Waals surface area (Å²) in [5, 5.41) is 13.0. The van der Waals surface area contributed by atoms with Gasteiger partial charge in [0.25, 0.3) is 5.69 Å². The Hall–Kier alpha value is -2.62. The van der Waals surface area contributed by atoms with Gasteiger partial charge in [-0.15, -0.1) is 0 Å². The molecule has 1 amide bonds. The minimum atomic E-state index is -0.895. The second-order valence-electron chi connectivity index (χ2n) is 3.36. The lowest BCUT2D eigenvalue weighted by atomic mass is 10.1. The third-order valence-corrected chi connectivity index (χ3v) is 1.96. The van der Waals surface area contributed by atoms with Crippen LogP contribution in [0, 0.1) is 27.8 Å². The Bertz CT molecular complexity index is 561. The van der Waals surface area contributed by atoms with Gasteiger partial charge in [0.2, 0.25) is 5.91 Å². The van der Waals surface area contributed by atoms with Crippen LogP contribution in [0.2, 0.25) is 0 Å². The van der Waals surface area contributed by atoms with Crippen LogP contribution in [-0.4, -0.2) is 17.4 Å². The van der Waals surface area contributed by atoms with Gasteiger partial charge in [-0.2, -0.15) is 0 Å². The molecule has 0 spiro atoms. The predicted molar refractivity (Wildman–Crippen MR) is 63.0 cm³/mol. The normalized spacial score (nSPS) is 9.22. The van der Waals surface area contributed by atoms with Crippen LogP contribution in [0.15, 0.2) is 12.1 Å². The van der Waals surface area contributed by atoms with Gasteiger partial charge in [0, 0.05) is 18.6 Å². The molecule has 0 saturated carbocycles. The molecule has 7 heteroatoms. The van der Waals surface area contributed by atoms with Crippen molar-refractivity contribution >= 4 is 17.3 Å². The van der Waals surface area contributed by atoms with Crippen molar-refractivity contribution in [1.82, 2.24) is 5.32 Å². The Balaban J connectivity index is 2.97. The van der Waals surface area contributed by atoms with Gasteiger partial charge in [0.1, 0.15) is 5.69 Å². The first kappa shape index (κ1) is 13.4. The molecule has 0 atom stereocenters. The van der Waals surface area contributed by atoms with E-state index >= 15 is 0 Å². The number of nitro groups is 1. The Labute approximate surface area is 102 Å². The number of nitrogens with two attached hydrogens (primary N) is 1. The van der Waals surface area contributed by atoms with E-state index in [1.54, 1.807) is 0 Å². The van der Waals surface area contributed by atoms with E-state index in [0.717, 1.165) is 12.1 Å². The molecule has 1 rings (SSSR count). The van der Waals surface area contributed by atoms with Crippen LogP contribution in [0.25, 0.3) is 0 Å². The van der Waals surface area contributed by atoms with E-state index in [1.165, 1.54) is 6.92 Å². The van der Waals surface area contributed by atoms with Crippen LogP contribution in [0.5, 0.6) is 0 Å². The summed E-state index contributed by atoms with van der Waals surface area (Å²) in [5.74, 6) is 3.89. The van der Waals surface area contributed by atoms with Gasteiger partial charge < -0.3 is 11.1 Å². The van der Waals surface area contributed by atoms with Crippen LogP contribution in [0.1, 0.15) is 12.5 Å². The molecule has 0 radical (unpaired) electrons. The fourth-order valence-electron chi connectivity index (χ4n) is 1.14. The zero-order valence-electron chi connectivity index (χ0n) is 9.49. The number of carbonyl (C=O) groups is 1. The number of nitrogens with zero attached hydrogens (tertiary/aromatic N) is 1. The van der Waals surface area contributed by atoms with Crippen LogP contribution in [0.3, 0.4) is 0 Å². The lowest BCUT2D eigenvalue weighted by Gasteiger charge is -1.99. The highest BCUT2D eigenvalue weighted by atomic mass is 19.1. The number of hydrogen-bond donors (Lipinski definition) is 2. The van der Waals surface area contributed by atoms with E-state index in [1.807, 2.05) is 0 Å². The zero-order chi connectivity index (χ0) is 13.7. The van der Waals surface area contributed by atoms with Crippen molar-refractivity contribution in [2.24, 2.45) is 0 Å². The molecular formula is C11H10FN3O3. The van der Waals surface area contributed by atoms with Crippen LogP contribution >= 0.6 is 0 Å². The minimum Gasteiger partial charge on any atom is -0.391 e. The molecule has 0 aliphatic rings. The maximum atomic E-state index is 13.3. The average Bonchev–Trinajstić information content (AvgIpc) is 2.28. The van der Waals surface area contributed by atoms with Gasteiger partial charge in [-0.05, 0) is 6.07 Å². The molecule has 0 aliphatic heterocycles. The second-order valence-corrected chi connectivity index (χ2v) is 3.36. The SMILES string of the molecule is CC(=O)NCC#Cc1cc(F)c(N)c([N+](=O)[O-])c1. The molecule has 1 aromatic carbocycles. The molecule has 0 heterocycles. The molecule has 0 saturated heterocycles. The number of hydrogen-bond acceptors (Lipinski definition) is 4. The number of amides is 1. The number of benzene rings is 1. The number of anilines is 1. The number of carbonyl (C=O) groups excluding carboxylic acids is 1. The Morgan fingerprint density at radius 3 is 2.83 bits per heavy atom. The maximum Gasteiger partial charge on any atom is 0.296 e. The fourth-order valence-corrected chi connectivity index (χ4v) is 1.14. The summed E-state index contributed by atoms with van der Waals surface area (Å²) in [4.78, 5) is 20.4. The van der Waals surface area contributed by atoms with Gasteiger partial charge in [-0.25, -0.2) is 4.39 Å². The molecule has 6 nitrogen and oxygen atoms in total. The van der Waals surface area contributed by atoms with Gasteiger partial charge in [-0.3, -0.25) is 14.9 Å². The third kappa shape index (κ3) is 3.45. The molecule has 0 bridgehead atoms. The first-order valence-electron chi connectivity index (χ1n) is 4.88. The molecular weight excluding hydrogens is 241 g/mol. The van der Waals surface area contributed by atoms with E-state index in [-0.39, 0.29) is 18.0 Å². The Kier molecular flexibility index (Phi) is 4.21. The summed E-state index contributed by atoms with van der Waals surface area (Å²) in [6.07, 6.45) is 0. The van der Waals surface area contributed by atoms with Gasteiger partial charge in [0.05, 0.1) is 11.5 Å². The van der Waals surface area contributed by atoms with Crippen molar-refractivity contribution in [3.8, 4) is 11.8 Å². The highest BCUT2D eigenvalue weighted by molar-refractivity contribution is 5.73. The fraction of sp³-hybridized carbons (Fsp3) is 0.182. The molecule has 0 aliphatic carbocycles. The molecule has 0 aromatic heterocycles. The van der Waals surface area contributed by atoms with E-state index < -0.39 is 22.1 Å². The third-order valence-electron chi connectivity index (χ3n) is 1.96. The molecule has 18 heavy (non-hydrogen) atoms. The summed E-state index contributed by atoms with van der Waals surface area (Å²) in [7, 11) is 0. The first-order chi connectivity index (χ1) is 8.41. The lowest BCUT2D eigenvalue weighted by molar-refractivity contribution is -0.384. The smallest absolute Gasteiger partial charge is 0.296 e. The number of nitro benzene ring substituents is 1. The van der Waals surface area contributed by atoms with E-state index in [0.29, 0.717) is 0 Å². The average molecular weight is 251 g/mol. The van der Waals surface area contributed by atoms with Crippen molar-refractivity contribution in [1.29, 1.82) is 0 Å². The standard InChI is InChI=1S/C11H10FN3O3/c1-7(16)14-4-2-3-8-5-9(12)11(13)10(6-8)15(17)18/h5-6H,4,13H2,1H3,(H,14,16). The number of halogens is 1. The summed E-state index contributed by atoms with van der Waals surface area (Å²) in [6, 6.07) is 2.09. The van der Waals surface area contributed by atoms with Gasteiger partial charge >= 0.3 is 0 Å². The molecule has 3 N–H and O–H groups in total. The number of rotatable bonds is 2. The topological polar surface area (TPSA) is 98.3 Å². The summed E-state index contributed by atoms with van der Waals surface area (Å²) >= 11 is 0. The molecule has 1 aromatic rings. The van der Waals surface area contributed by atoms with E-state index in [2.05, 4.69) is 17.2 Å². The highest BCUT2D eigenvalue weighted by Crippen LogP contribution is 2.25. The number of nitrogen functional groups attached to an aromatic ring is 1. The monoisotopic (exact) mass is 251 g/mol. The quantitative estimate of drug-likeness (QED) is 0.351. The van der Waals surface area contributed by atoms with Crippen LogP contribution in [-0.2, 0) is 4.79 Å². The summed E-state index contributed by atoms with van der Waals surface area (Å²) in [6.45, 7) is 1.41.